The Morgan fingerprint density at radius 3 is 2.75 bits per heavy atom. The maximum absolute atomic E-state index is 12.1. The summed E-state index contributed by atoms with van der Waals surface area (Å²) in [6, 6.07) is 0.283. The van der Waals surface area contributed by atoms with Gasteiger partial charge < -0.3 is 22.1 Å². The molecule has 0 atom stereocenters. The number of aromatic nitrogens is 1. The first-order valence-corrected chi connectivity index (χ1v) is 7.43. The summed E-state index contributed by atoms with van der Waals surface area (Å²) in [5, 5.41) is 6.73. The fourth-order valence-corrected chi connectivity index (χ4v) is 2.49. The van der Waals surface area contributed by atoms with E-state index in [0.717, 1.165) is 25.7 Å². The summed E-state index contributed by atoms with van der Waals surface area (Å²) in [6.45, 7) is 0.651. The number of carbonyl (C=O) groups excluding carboxylic acids is 2. The number of rotatable bonds is 8. The summed E-state index contributed by atoms with van der Waals surface area (Å²) < 4.78 is 4.01. The van der Waals surface area contributed by atoms with Crippen LogP contribution >= 0.6 is 11.5 Å². The zero-order chi connectivity index (χ0) is 14.5. The van der Waals surface area contributed by atoms with Gasteiger partial charge in [0, 0.05) is 19.0 Å². The highest BCUT2D eigenvalue weighted by Crippen LogP contribution is 2.28. The largest absolute Gasteiger partial charge is 0.382 e. The van der Waals surface area contributed by atoms with E-state index in [0.29, 0.717) is 23.5 Å². The number of primary amides is 1. The molecule has 0 saturated heterocycles. The molecule has 1 aromatic heterocycles. The molecular formula is C12H19N5O2S. The molecule has 8 heteroatoms. The molecule has 0 aliphatic heterocycles. The molecule has 20 heavy (non-hydrogen) atoms. The molecule has 0 spiro atoms. The van der Waals surface area contributed by atoms with Crippen LogP contribution in [0.15, 0.2) is 0 Å². The third-order valence-electron chi connectivity index (χ3n) is 2.99. The van der Waals surface area contributed by atoms with Crippen molar-refractivity contribution in [3.8, 4) is 0 Å². The predicted octanol–water partition coefficient (Wildman–Crippen LogP) is 0.685. The highest BCUT2D eigenvalue weighted by Gasteiger charge is 2.27. The van der Waals surface area contributed by atoms with E-state index in [1.165, 1.54) is 11.5 Å². The Balaban J connectivity index is 1.84. The standard InChI is InChI=1S/C12H19N5O2S/c13-8(18)3-1-2-6-15-12-9(10(14)17-20-12)11(19)16-7-4-5-7/h7,15H,1-6H2,(H2,13,18)(H2,14,17)(H,16,19). The number of hydrogen-bond acceptors (Lipinski definition) is 6. The maximum atomic E-state index is 12.1. The lowest BCUT2D eigenvalue weighted by atomic mass is 10.2. The average Bonchev–Trinajstić information content (AvgIpc) is 3.11. The van der Waals surface area contributed by atoms with E-state index in [4.69, 9.17) is 11.5 Å². The lowest BCUT2D eigenvalue weighted by Gasteiger charge is -2.07. The molecule has 0 aromatic carbocycles. The Bertz CT molecular complexity index is 498. The van der Waals surface area contributed by atoms with Gasteiger partial charge in [0.15, 0.2) is 5.82 Å². The van der Waals surface area contributed by atoms with Gasteiger partial charge >= 0.3 is 0 Å². The van der Waals surface area contributed by atoms with E-state index in [2.05, 4.69) is 15.0 Å². The summed E-state index contributed by atoms with van der Waals surface area (Å²) >= 11 is 1.18. The first kappa shape index (κ1) is 14.6. The molecule has 0 unspecified atom stereocenters. The summed E-state index contributed by atoms with van der Waals surface area (Å²) in [5.74, 6) is -0.206. The van der Waals surface area contributed by atoms with Crippen LogP contribution in [0.5, 0.6) is 0 Å². The quantitative estimate of drug-likeness (QED) is 0.525. The number of nitrogens with two attached hydrogens (primary N) is 2. The lowest BCUT2D eigenvalue weighted by Crippen LogP contribution is -2.26. The fourth-order valence-electron chi connectivity index (χ4n) is 1.75. The normalized spacial score (nSPS) is 14.0. The number of carbonyl (C=O) groups is 2. The van der Waals surface area contributed by atoms with Gasteiger partial charge in [0.25, 0.3) is 5.91 Å². The van der Waals surface area contributed by atoms with Crippen molar-refractivity contribution >= 4 is 34.2 Å². The topological polar surface area (TPSA) is 123 Å². The average molecular weight is 297 g/mol. The molecule has 1 aromatic rings. The summed E-state index contributed by atoms with van der Waals surface area (Å²) in [4.78, 5) is 22.7. The molecule has 0 bridgehead atoms. The van der Waals surface area contributed by atoms with Gasteiger partial charge in [0.2, 0.25) is 5.91 Å². The minimum atomic E-state index is -0.295. The van der Waals surface area contributed by atoms with Gasteiger partial charge in [-0.25, -0.2) is 0 Å². The van der Waals surface area contributed by atoms with Crippen molar-refractivity contribution in [1.82, 2.24) is 9.69 Å². The van der Waals surface area contributed by atoms with Crippen LogP contribution in [-0.2, 0) is 4.79 Å². The number of nitrogens with zero attached hydrogens (tertiary/aromatic N) is 1. The summed E-state index contributed by atoms with van der Waals surface area (Å²) in [6.07, 6.45) is 3.95. The Morgan fingerprint density at radius 1 is 1.35 bits per heavy atom. The molecule has 7 nitrogen and oxygen atoms in total. The van der Waals surface area contributed by atoms with Crippen LogP contribution in [-0.4, -0.2) is 28.8 Å². The Hall–Kier alpha value is -1.83. The minimum Gasteiger partial charge on any atom is -0.382 e. The van der Waals surface area contributed by atoms with Gasteiger partial charge in [-0.3, -0.25) is 9.59 Å². The zero-order valence-corrected chi connectivity index (χ0v) is 12.0. The van der Waals surface area contributed by atoms with Crippen molar-refractivity contribution in [1.29, 1.82) is 0 Å². The first-order chi connectivity index (χ1) is 9.58. The highest BCUT2D eigenvalue weighted by molar-refractivity contribution is 7.11. The van der Waals surface area contributed by atoms with Gasteiger partial charge in [0.05, 0.1) is 0 Å². The SMILES string of the molecule is NC(=O)CCCCNc1snc(N)c1C(=O)NC1CC1. The van der Waals surface area contributed by atoms with Crippen molar-refractivity contribution in [2.24, 2.45) is 5.73 Å². The van der Waals surface area contributed by atoms with E-state index < -0.39 is 0 Å². The van der Waals surface area contributed by atoms with Crippen molar-refractivity contribution in [2.75, 3.05) is 17.6 Å². The second kappa shape index (κ2) is 6.56. The van der Waals surface area contributed by atoms with Gasteiger partial charge in [-0.05, 0) is 37.2 Å². The van der Waals surface area contributed by atoms with Crippen LogP contribution in [0.1, 0.15) is 42.5 Å². The molecular weight excluding hydrogens is 278 g/mol. The third-order valence-corrected chi connectivity index (χ3v) is 3.81. The third kappa shape index (κ3) is 4.09. The molecule has 110 valence electrons. The minimum absolute atomic E-state index is 0.168. The molecule has 2 rings (SSSR count). The Morgan fingerprint density at radius 2 is 2.10 bits per heavy atom. The van der Waals surface area contributed by atoms with Crippen LogP contribution in [0.4, 0.5) is 10.8 Å². The van der Waals surface area contributed by atoms with Crippen molar-refractivity contribution in [2.45, 2.75) is 38.1 Å². The van der Waals surface area contributed by atoms with Crippen LogP contribution in [0.2, 0.25) is 0 Å². The maximum Gasteiger partial charge on any atom is 0.258 e. The summed E-state index contributed by atoms with van der Waals surface area (Å²) in [7, 11) is 0. The number of nitrogens with one attached hydrogen (secondary N) is 2. The van der Waals surface area contributed by atoms with Crippen LogP contribution in [0.25, 0.3) is 0 Å². The predicted molar refractivity (Wildman–Crippen MR) is 78.5 cm³/mol. The second-order valence-corrected chi connectivity index (χ2v) is 5.64. The zero-order valence-electron chi connectivity index (χ0n) is 11.1. The van der Waals surface area contributed by atoms with Gasteiger partial charge in [-0.1, -0.05) is 0 Å². The van der Waals surface area contributed by atoms with E-state index in [-0.39, 0.29) is 23.7 Å². The van der Waals surface area contributed by atoms with Gasteiger partial charge in [-0.2, -0.15) is 4.37 Å². The van der Waals surface area contributed by atoms with Gasteiger partial charge in [0.1, 0.15) is 10.6 Å². The van der Waals surface area contributed by atoms with Crippen molar-refractivity contribution < 1.29 is 9.59 Å². The number of anilines is 2. The second-order valence-electron chi connectivity index (χ2n) is 4.87. The van der Waals surface area contributed by atoms with E-state index in [1.807, 2.05) is 0 Å². The molecule has 0 radical (unpaired) electrons. The fraction of sp³-hybridized carbons (Fsp3) is 0.583. The van der Waals surface area contributed by atoms with Gasteiger partial charge in [-0.15, -0.1) is 0 Å². The summed E-state index contributed by atoms with van der Waals surface area (Å²) in [5.41, 5.74) is 11.2. The van der Waals surface area contributed by atoms with Crippen LogP contribution < -0.4 is 22.1 Å². The van der Waals surface area contributed by atoms with Crippen LogP contribution in [0.3, 0.4) is 0 Å². The smallest absolute Gasteiger partial charge is 0.258 e. The van der Waals surface area contributed by atoms with E-state index in [9.17, 15) is 9.59 Å². The van der Waals surface area contributed by atoms with Crippen molar-refractivity contribution in [3.05, 3.63) is 5.56 Å². The molecule has 1 heterocycles. The first-order valence-electron chi connectivity index (χ1n) is 6.66. The molecule has 6 N–H and O–H groups in total. The lowest BCUT2D eigenvalue weighted by molar-refractivity contribution is -0.118. The highest BCUT2D eigenvalue weighted by atomic mass is 32.1. The Labute approximate surface area is 121 Å². The molecule has 1 aliphatic rings. The van der Waals surface area contributed by atoms with E-state index in [1.54, 1.807) is 0 Å². The number of hydrogen-bond donors (Lipinski definition) is 4. The van der Waals surface area contributed by atoms with Crippen LogP contribution in [0, 0.1) is 0 Å². The molecule has 1 aliphatic carbocycles. The molecule has 2 amide bonds. The van der Waals surface area contributed by atoms with Crippen molar-refractivity contribution in [3.63, 3.8) is 0 Å². The monoisotopic (exact) mass is 297 g/mol. The number of nitrogen functional groups attached to an aromatic ring is 1. The molecule has 1 saturated carbocycles. The Kier molecular flexibility index (Phi) is 4.78. The van der Waals surface area contributed by atoms with E-state index >= 15 is 0 Å². The number of amides is 2. The molecule has 1 fully saturated rings. The number of unbranched alkanes of at least 4 members (excludes halogenated alkanes) is 1.